The van der Waals surface area contributed by atoms with E-state index in [1.807, 2.05) is 26.8 Å². The van der Waals surface area contributed by atoms with Crippen LogP contribution >= 0.6 is 11.3 Å². The number of aromatic nitrogens is 1. The standard InChI is InChI=1S/C19H24N4O4S2/c1-10-16(28-18(21-10)22-11(2)24)12-7-13-9-23(19(3,4)5)17(25)15(13)14(8-12)29(26,27)20-6/h7-8,20H,9H2,1-6H3,(H,21,22,24). The fraction of sp³-hybridized carbons (Fsp3) is 0.421. The highest BCUT2D eigenvalue weighted by Gasteiger charge is 2.39. The molecule has 0 saturated carbocycles. The fourth-order valence-corrected chi connectivity index (χ4v) is 5.27. The minimum Gasteiger partial charge on any atom is -0.329 e. The first-order valence-electron chi connectivity index (χ1n) is 9.03. The third kappa shape index (κ3) is 3.92. The lowest BCUT2D eigenvalue weighted by molar-refractivity contribution is -0.114. The summed E-state index contributed by atoms with van der Waals surface area (Å²) in [5.74, 6) is -0.531. The summed E-state index contributed by atoms with van der Waals surface area (Å²) in [6, 6.07) is 3.35. The minimum atomic E-state index is -3.86. The highest BCUT2D eigenvalue weighted by atomic mass is 32.2. The molecule has 8 nitrogen and oxygen atoms in total. The third-order valence-electron chi connectivity index (χ3n) is 4.68. The zero-order valence-electron chi connectivity index (χ0n) is 17.2. The Kier molecular flexibility index (Phi) is 5.31. The molecule has 1 aromatic carbocycles. The number of nitrogens with one attached hydrogen (secondary N) is 2. The molecule has 2 N–H and O–H groups in total. The van der Waals surface area contributed by atoms with E-state index in [1.54, 1.807) is 11.8 Å². The molecule has 0 fully saturated rings. The molecule has 2 heterocycles. The van der Waals surface area contributed by atoms with Crippen LogP contribution in [0.1, 0.15) is 49.3 Å². The van der Waals surface area contributed by atoms with Gasteiger partial charge in [0.2, 0.25) is 15.9 Å². The van der Waals surface area contributed by atoms with Gasteiger partial charge >= 0.3 is 0 Å². The van der Waals surface area contributed by atoms with Gasteiger partial charge in [-0.15, -0.1) is 0 Å². The molecule has 0 bridgehead atoms. The van der Waals surface area contributed by atoms with Crippen molar-refractivity contribution >= 4 is 38.3 Å². The third-order valence-corrected chi connectivity index (χ3v) is 7.24. The van der Waals surface area contributed by atoms with Gasteiger partial charge in [-0.1, -0.05) is 11.3 Å². The Morgan fingerprint density at radius 1 is 1.28 bits per heavy atom. The van der Waals surface area contributed by atoms with Gasteiger partial charge in [0.15, 0.2) is 5.13 Å². The van der Waals surface area contributed by atoms with E-state index in [9.17, 15) is 18.0 Å². The van der Waals surface area contributed by atoms with E-state index in [-0.39, 0.29) is 22.3 Å². The van der Waals surface area contributed by atoms with Crippen LogP contribution in [0, 0.1) is 6.92 Å². The quantitative estimate of drug-likeness (QED) is 0.766. The molecule has 0 spiro atoms. The van der Waals surface area contributed by atoms with E-state index in [2.05, 4.69) is 15.0 Å². The van der Waals surface area contributed by atoms with E-state index in [0.717, 1.165) is 4.88 Å². The molecule has 1 aliphatic heterocycles. The smallest absolute Gasteiger partial charge is 0.256 e. The van der Waals surface area contributed by atoms with Crippen molar-refractivity contribution in [2.24, 2.45) is 0 Å². The molecule has 1 aromatic heterocycles. The Morgan fingerprint density at radius 3 is 2.48 bits per heavy atom. The van der Waals surface area contributed by atoms with E-state index in [4.69, 9.17) is 0 Å². The molecule has 0 radical (unpaired) electrons. The van der Waals surface area contributed by atoms with Crippen LogP contribution in [0.15, 0.2) is 17.0 Å². The largest absolute Gasteiger partial charge is 0.329 e. The van der Waals surface area contributed by atoms with Crippen molar-refractivity contribution in [2.75, 3.05) is 12.4 Å². The number of hydrogen-bond donors (Lipinski definition) is 2. The van der Waals surface area contributed by atoms with Crippen molar-refractivity contribution < 1.29 is 18.0 Å². The number of benzene rings is 1. The van der Waals surface area contributed by atoms with E-state index in [1.165, 1.54) is 31.4 Å². The molecule has 1 aliphatic rings. The highest BCUT2D eigenvalue weighted by Crippen LogP contribution is 2.40. The van der Waals surface area contributed by atoms with Crippen molar-refractivity contribution in [1.29, 1.82) is 0 Å². The molecular weight excluding hydrogens is 412 g/mol. The number of carbonyl (C=O) groups is 2. The molecule has 0 aliphatic carbocycles. The van der Waals surface area contributed by atoms with Gasteiger partial charge < -0.3 is 10.2 Å². The number of anilines is 1. The molecule has 29 heavy (non-hydrogen) atoms. The van der Waals surface area contributed by atoms with Gasteiger partial charge in [-0.2, -0.15) is 0 Å². The van der Waals surface area contributed by atoms with Crippen LogP contribution in [0.4, 0.5) is 5.13 Å². The molecule has 2 amide bonds. The first-order chi connectivity index (χ1) is 13.3. The Bertz CT molecular complexity index is 1110. The summed E-state index contributed by atoms with van der Waals surface area (Å²) in [6.45, 7) is 9.26. The molecule has 0 unspecified atom stereocenters. The SMILES string of the molecule is CNS(=O)(=O)c1cc(-c2sc(NC(C)=O)nc2C)cc2c1C(=O)N(C(C)(C)C)C2. The summed E-state index contributed by atoms with van der Waals surface area (Å²) >= 11 is 1.26. The monoisotopic (exact) mass is 436 g/mol. The highest BCUT2D eigenvalue weighted by molar-refractivity contribution is 7.89. The van der Waals surface area contributed by atoms with Gasteiger partial charge in [0, 0.05) is 19.0 Å². The van der Waals surface area contributed by atoms with Crippen LogP contribution in [-0.4, -0.2) is 42.7 Å². The summed E-state index contributed by atoms with van der Waals surface area (Å²) in [6.07, 6.45) is 0. The maximum absolute atomic E-state index is 13.0. The molecular formula is C19H24N4O4S2. The number of amides is 2. The Balaban J connectivity index is 2.22. The summed E-state index contributed by atoms with van der Waals surface area (Å²) in [5.41, 5.74) is 1.74. The van der Waals surface area contributed by atoms with Crippen molar-refractivity contribution in [2.45, 2.75) is 51.6 Å². The lowest BCUT2D eigenvalue weighted by atomic mass is 10.0. The van der Waals surface area contributed by atoms with Gasteiger partial charge in [0.25, 0.3) is 5.91 Å². The first-order valence-corrected chi connectivity index (χ1v) is 11.3. The van der Waals surface area contributed by atoms with Crippen LogP contribution in [0.2, 0.25) is 0 Å². The number of thiazole rings is 1. The lowest BCUT2D eigenvalue weighted by Crippen LogP contribution is -2.41. The first kappa shape index (κ1) is 21.4. The maximum Gasteiger partial charge on any atom is 0.256 e. The zero-order chi connectivity index (χ0) is 21.7. The second-order valence-corrected chi connectivity index (χ2v) is 10.7. The molecule has 156 valence electrons. The molecule has 3 rings (SSSR count). The van der Waals surface area contributed by atoms with Crippen LogP contribution < -0.4 is 10.0 Å². The van der Waals surface area contributed by atoms with E-state index in [0.29, 0.717) is 28.5 Å². The van der Waals surface area contributed by atoms with Gasteiger partial charge in [0.1, 0.15) is 0 Å². The fourth-order valence-electron chi connectivity index (χ4n) is 3.28. The Morgan fingerprint density at radius 2 is 1.93 bits per heavy atom. The summed E-state index contributed by atoms with van der Waals surface area (Å²) in [5, 5.41) is 3.09. The van der Waals surface area contributed by atoms with E-state index < -0.39 is 15.6 Å². The van der Waals surface area contributed by atoms with Crippen molar-refractivity contribution in [3.8, 4) is 10.4 Å². The summed E-state index contributed by atoms with van der Waals surface area (Å²) < 4.78 is 27.8. The topological polar surface area (TPSA) is 108 Å². The van der Waals surface area contributed by atoms with Crippen LogP contribution in [0.5, 0.6) is 0 Å². The average molecular weight is 437 g/mol. The molecule has 10 heteroatoms. The van der Waals surface area contributed by atoms with Crippen molar-refractivity contribution in [3.63, 3.8) is 0 Å². The van der Waals surface area contributed by atoms with Gasteiger partial charge in [-0.3, -0.25) is 9.59 Å². The van der Waals surface area contributed by atoms with Crippen molar-refractivity contribution in [1.82, 2.24) is 14.6 Å². The predicted octanol–water partition coefficient (Wildman–Crippen LogP) is 2.74. The zero-order valence-corrected chi connectivity index (χ0v) is 18.8. The average Bonchev–Trinajstić information content (AvgIpc) is 3.13. The predicted molar refractivity (Wildman–Crippen MR) is 112 cm³/mol. The lowest BCUT2D eigenvalue weighted by Gasteiger charge is -2.31. The van der Waals surface area contributed by atoms with E-state index >= 15 is 0 Å². The second-order valence-electron chi connectivity index (χ2n) is 7.89. The van der Waals surface area contributed by atoms with Crippen LogP contribution in [-0.2, 0) is 21.4 Å². The van der Waals surface area contributed by atoms with Gasteiger partial charge in [-0.05, 0) is 58.0 Å². The van der Waals surface area contributed by atoms with Gasteiger partial charge in [0.05, 0.1) is 21.0 Å². The number of carbonyl (C=O) groups excluding carboxylic acids is 2. The second kappa shape index (κ2) is 7.19. The van der Waals surface area contributed by atoms with Crippen molar-refractivity contribution in [3.05, 3.63) is 29.0 Å². The molecule has 0 atom stereocenters. The Labute approximate surface area is 174 Å². The number of aryl methyl sites for hydroxylation is 1. The minimum absolute atomic E-state index is 0.0434. The number of sulfonamides is 1. The maximum atomic E-state index is 13.0. The molecule has 2 aromatic rings. The number of hydrogen-bond acceptors (Lipinski definition) is 6. The summed E-state index contributed by atoms with van der Waals surface area (Å²) in [4.78, 5) is 31.1. The number of fused-ring (bicyclic) bond motifs is 1. The van der Waals surface area contributed by atoms with Crippen LogP contribution in [0.3, 0.4) is 0 Å². The molecule has 0 saturated heterocycles. The van der Waals surface area contributed by atoms with Gasteiger partial charge in [-0.25, -0.2) is 18.1 Å². The number of nitrogens with zero attached hydrogens (tertiary/aromatic N) is 2. The Hall–Kier alpha value is -2.30. The summed E-state index contributed by atoms with van der Waals surface area (Å²) in [7, 11) is -2.54. The van der Waals surface area contributed by atoms with Crippen LogP contribution in [0.25, 0.3) is 10.4 Å². The number of rotatable bonds is 4. The normalized spacial score (nSPS) is 14.3.